The second-order valence-corrected chi connectivity index (χ2v) is 6.95. The van der Waals surface area contributed by atoms with Crippen LogP contribution in [0.5, 0.6) is 0 Å². The number of nitrogens with two attached hydrogens (primary N) is 1. The SMILES string of the molecule is Cc1ccc(NCc2cccc(Br)c2)cc1S(N)(=O)=O. The number of benzene rings is 2. The number of anilines is 1. The highest BCUT2D eigenvalue weighted by molar-refractivity contribution is 9.10. The molecule has 106 valence electrons. The summed E-state index contributed by atoms with van der Waals surface area (Å²) in [6, 6.07) is 13.0. The van der Waals surface area contributed by atoms with E-state index in [4.69, 9.17) is 5.14 Å². The molecule has 0 aromatic heterocycles. The van der Waals surface area contributed by atoms with Crippen molar-refractivity contribution in [2.24, 2.45) is 5.14 Å². The molecule has 0 fully saturated rings. The standard InChI is InChI=1S/C14H15BrN2O2S/c1-10-5-6-13(8-14(10)20(16,18)19)17-9-11-3-2-4-12(15)7-11/h2-8,17H,9H2,1H3,(H2,16,18,19). The molecule has 20 heavy (non-hydrogen) atoms. The lowest BCUT2D eigenvalue weighted by Gasteiger charge is -2.10. The van der Waals surface area contributed by atoms with Gasteiger partial charge in [-0.05, 0) is 42.3 Å². The summed E-state index contributed by atoms with van der Waals surface area (Å²) in [6.45, 7) is 2.32. The van der Waals surface area contributed by atoms with Gasteiger partial charge in [0, 0.05) is 16.7 Å². The van der Waals surface area contributed by atoms with Crippen LogP contribution in [-0.2, 0) is 16.6 Å². The highest BCUT2D eigenvalue weighted by Crippen LogP contribution is 2.20. The molecule has 0 saturated carbocycles. The molecule has 0 aliphatic heterocycles. The van der Waals surface area contributed by atoms with Gasteiger partial charge in [-0.2, -0.15) is 0 Å². The molecule has 0 bridgehead atoms. The molecule has 3 N–H and O–H groups in total. The summed E-state index contributed by atoms with van der Waals surface area (Å²) in [6.07, 6.45) is 0. The zero-order valence-corrected chi connectivity index (χ0v) is 13.3. The Morgan fingerprint density at radius 2 is 1.95 bits per heavy atom. The maximum Gasteiger partial charge on any atom is 0.238 e. The molecule has 0 amide bonds. The number of sulfonamides is 1. The summed E-state index contributed by atoms with van der Waals surface area (Å²) in [5, 5.41) is 8.38. The van der Waals surface area contributed by atoms with Gasteiger partial charge in [0.2, 0.25) is 10.0 Å². The number of aryl methyl sites for hydroxylation is 1. The van der Waals surface area contributed by atoms with E-state index in [1.165, 1.54) is 0 Å². The monoisotopic (exact) mass is 354 g/mol. The molecule has 4 nitrogen and oxygen atoms in total. The zero-order chi connectivity index (χ0) is 14.8. The molecule has 0 heterocycles. The maximum atomic E-state index is 11.5. The van der Waals surface area contributed by atoms with E-state index in [9.17, 15) is 8.42 Å². The van der Waals surface area contributed by atoms with Crippen LogP contribution in [0, 0.1) is 6.92 Å². The number of nitrogens with one attached hydrogen (secondary N) is 1. The van der Waals surface area contributed by atoms with Crippen LogP contribution in [-0.4, -0.2) is 8.42 Å². The average Bonchev–Trinajstić information content (AvgIpc) is 2.36. The molecule has 0 spiro atoms. The van der Waals surface area contributed by atoms with Crippen molar-refractivity contribution in [3.8, 4) is 0 Å². The van der Waals surface area contributed by atoms with E-state index in [1.807, 2.05) is 30.3 Å². The third-order valence-corrected chi connectivity index (χ3v) is 4.43. The van der Waals surface area contributed by atoms with Crippen LogP contribution in [0.25, 0.3) is 0 Å². The van der Waals surface area contributed by atoms with E-state index in [0.29, 0.717) is 12.1 Å². The minimum Gasteiger partial charge on any atom is -0.381 e. The van der Waals surface area contributed by atoms with Gasteiger partial charge in [-0.3, -0.25) is 0 Å². The Morgan fingerprint density at radius 1 is 1.20 bits per heavy atom. The lowest BCUT2D eigenvalue weighted by molar-refractivity contribution is 0.597. The Labute approximate surface area is 127 Å². The Kier molecular flexibility index (Phi) is 4.47. The molecule has 2 aromatic rings. The number of rotatable bonds is 4. The lowest BCUT2D eigenvalue weighted by atomic mass is 10.2. The minimum atomic E-state index is -3.69. The second-order valence-electron chi connectivity index (χ2n) is 4.51. The fourth-order valence-electron chi connectivity index (χ4n) is 1.87. The molecule has 6 heteroatoms. The molecule has 2 rings (SSSR count). The van der Waals surface area contributed by atoms with Gasteiger partial charge in [-0.1, -0.05) is 34.1 Å². The van der Waals surface area contributed by atoms with Crippen LogP contribution in [0.1, 0.15) is 11.1 Å². The number of hydrogen-bond acceptors (Lipinski definition) is 3. The Balaban J connectivity index is 2.19. The largest absolute Gasteiger partial charge is 0.381 e. The number of hydrogen-bond donors (Lipinski definition) is 2. The first-order valence-corrected chi connectivity index (χ1v) is 8.32. The van der Waals surface area contributed by atoms with Gasteiger partial charge in [0.05, 0.1) is 4.90 Å². The molecule has 2 aromatic carbocycles. The van der Waals surface area contributed by atoms with E-state index in [1.54, 1.807) is 19.1 Å². The van der Waals surface area contributed by atoms with Crippen molar-refractivity contribution in [2.45, 2.75) is 18.4 Å². The Hall–Kier alpha value is -1.37. The first kappa shape index (κ1) is 15.0. The first-order chi connectivity index (χ1) is 9.36. The Bertz CT molecular complexity index is 730. The normalized spacial score (nSPS) is 11.3. The molecule has 0 aliphatic rings. The van der Waals surface area contributed by atoms with Crippen LogP contribution in [0.15, 0.2) is 51.8 Å². The summed E-state index contributed by atoms with van der Waals surface area (Å²) >= 11 is 3.41. The van der Waals surface area contributed by atoms with Crippen molar-refractivity contribution in [1.29, 1.82) is 0 Å². The zero-order valence-electron chi connectivity index (χ0n) is 10.9. The van der Waals surface area contributed by atoms with E-state index < -0.39 is 10.0 Å². The predicted molar refractivity (Wildman–Crippen MR) is 84.0 cm³/mol. The average molecular weight is 355 g/mol. The molecule has 0 atom stereocenters. The van der Waals surface area contributed by atoms with Crippen molar-refractivity contribution in [2.75, 3.05) is 5.32 Å². The van der Waals surface area contributed by atoms with E-state index in [0.717, 1.165) is 15.7 Å². The summed E-state index contributed by atoms with van der Waals surface area (Å²) in [5.74, 6) is 0. The summed E-state index contributed by atoms with van der Waals surface area (Å²) in [5.41, 5.74) is 2.46. The van der Waals surface area contributed by atoms with Gasteiger partial charge in [0.15, 0.2) is 0 Å². The third kappa shape index (κ3) is 3.82. The predicted octanol–water partition coefficient (Wildman–Crippen LogP) is 3.02. The molecular formula is C14H15BrN2O2S. The summed E-state index contributed by atoms with van der Waals surface area (Å²) in [4.78, 5) is 0.150. The van der Waals surface area contributed by atoms with Crippen molar-refractivity contribution in [3.05, 3.63) is 58.1 Å². The van der Waals surface area contributed by atoms with Gasteiger partial charge >= 0.3 is 0 Å². The first-order valence-electron chi connectivity index (χ1n) is 5.98. The van der Waals surface area contributed by atoms with Gasteiger partial charge < -0.3 is 5.32 Å². The second kappa shape index (κ2) is 5.95. The van der Waals surface area contributed by atoms with Gasteiger partial charge in [-0.25, -0.2) is 13.6 Å². The van der Waals surface area contributed by atoms with Crippen LogP contribution < -0.4 is 10.5 Å². The number of halogens is 1. The van der Waals surface area contributed by atoms with Crippen molar-refractivity contribution < 1.29 is 8.42 Å². The van der Waals surface area contributed by atoms with Gasteiger partial charge in [0.1, 0.15) is 0 Å². The number of primary sulfonamides is 1. The molecule has 0 aliphatic carbocycles. The van der Waals surface area contributed by atoms with Crippen LogP contribution in [0.4, 0.5) is 5.69 Å². The summed E-state index contributed by atoms with van der Waals surface area (Å²) < 4.78 is 23.9. The lowest BCUT2D eigenvalue weighted by Crippen LogP contribution is -2.14. The van der Waals surface area contributed by atoms with E-state index in [2.05, 4.69) is 21.2 Å². The van der Waals surface area contributed by atoms with Gasteiger partial charge in [-0.15, -0.1) is 0 Å². The van der Waals surface area contributed by atoms with Crippen molar-refractivity contribution in [1.82, 2.24) is 0 Å². The smallest absolute Gasteiger partial charge is 0.238 e. The highest BCUT2D eigenvalue weighted by atomic mass is 79.9. The maximum absolute atomic E-state index is 11.5. The van der Waals surface area contributed by atoms with E-state index in [-0.39, 0.29) is 4.90 Å². The molecule has 0 saturated heterocycles. The fourth-order valence-corrected chi connectivity index (χ4v) is 3.12. The minimum absolute atomic E-state index is 0.150. The highest BCUT2D eigenvalue weighted by Gasteiger charge is 2.11. The van der Waals surface area contributed by atoms with Gasteiger partial charge in [0.25, 0.3) is 0 Å². The van der Waals surface area contributed by atoms with Crippen molar-refractivity contribution in [3.63, 3.8) is 0 Å². The molecule has 0 radical (unpaired) electrons. The topological polar surface area (TPSA) is 72.2 Å². The van der Waals surface area contributed by atoms with Crippen LogP contribution in [0.3, 0.4) is 0 Å². The Morgan fingerprint density at radius 3 is 2.60 bits per heavy atom. The molecule has 0 unspecified atom stereocenters. The van der Waals surface area contributed by atoms with Crippen molar-refractivity contribution >= 4 is 31.6 Å². The van der Waals surface area contributed by atoms with Crippen LogP contribution >= 0.6 is 15.9 Å². The van der Waals surface area contributed by atoms with Crippen LogP contribution in [0.2, 0.25) is 0 Å². The van der Waals surface area contributed by atoms with E-state index >= 15 is 0 Å². The fraction of sp³-hybridized carbons (Fsp3) is 0.143. The third-order valence-electron chi connectivity index (χ3n) is 2.88. The quantitative estimate of drug-likeness (QED) is 0.886. The molecular weight excluding hydrogens is 340 g/mol. The summed E-state index contributed by atoms with van der Waals surface area (Å²) in [7, 11) is -3.69.